The van der Waals surface area contributed by atoms with E-state index in [2.05, 4.69) is 31.8 Å². The number of nitrogens with one attached hydrogen (secondary N) is 2. The van der Waals surface area contributed by atoms with E-state index in [1.165, 1.54) is 6.21 Å². The summed E-state index contributed by atoms with van der Waals surface area (Å²) < 4.78 is 12.4. The molecule has 3 aromatic carbocycles. The Bertz CT molecular complexity index is 995. The highest BCUT2D eigenvalue weighted by atomic mass is 79.9. The first-order valence-corrected chi connectivity index (χ1v) is 10.2. The van der Waals surface area contributed by atoms with Gasteiger partial charge in [-0.3, -0.25) is 0 Å². The molecule has 3 rings (SSSR count). The molecule has 0 saturated carbocycles. The smallest absolute Gasteiger partial charge is 0.339 e. The molecule has 6 nitrogen and oxygen atoms in total. The maximum Gasteiger partial charge on any atom is 0.339 e. The fourth-order valence-electron chi connectivity index (χ4n) is 2.61. The molecule has 0 aliphatic carbocycles. The van der Waals surface area contributed by atoms with Crippen molar-refractivity contribution in [3.05, 3.63) is 88.4 Å². The van der Waals surface area contributed by atoms with Crippen LogP contribution in [0.25, 0.3) is 0 Å². The van der Waals surface area contributed by atoms with Gasteiger partial charge in [-0.25, -0.2) is 10.2 Å². The molecule has 0 heterocycles. The Morgan fingerprint density at radius 3 is 2.37 bits per heavy atom. The predicted molar refractivity (Wildman–Crippen MR) is 122 cm³/mol. The van der Waals surface area contributed by atoms with Gasteiger partial charge in [0.15, 0.2) is 11.5 Å². The summed E-state index contributed by atoms with van der Waals surface area (Å²) in [5.41, 5.74) is 4.94. The van der Waals surface area contributed by atoms with E-state index in [1.54, 1.807) is 12.1 Å². The number of nitrogens with zero attached hydrogens (tertiary/aromatic N) is 1. The van der Waals surface area contributed by atoms with Crippen molar-refractivity contribution in [3.8, 4) is 11.5 Å². The Morgan fingerprint density at radius 1 is 1.00 bits per heavy atom. The molecule has 0 atom stereocenters. The quantitative estimate of drug-likeness (QED) is 0.335. The van der Waals surface area contributed by atoms with Crippen LogP contribution in [0.4, 0.5) is 10.5 Å². The molecule has 154 valence electrons. The molecule has 0 spiro atoms. The van der Waals surface area contributed by atoms with Crippen molar-refractivity contribution in [1.29, 1.82) is 0 Å². The van der Waals surface area contributed by atoms with Gasteiger partial charge in [0, 0.05) is 15.7 Å². The van der Waals surface area contributed by atoms with E-state index in [0.717, 1.165) is 15.6 Å². The summed E-state index contributed by atoms with van der Waals surface area (Å²) in [7, 11) is 0. The lowest BCUT2D eigenvalue weighted by atomic mass is 10.2. The lowest BCUT2D eigenvalue weighted by Crippen LogP contribution is -2.24. The highest BCUT2D eigenvalue weighted by Gasteiger charge is 2.11. The maximum atomic E-state index is 11.9. The first kappa shape index (κ1) is 21.4. The number of rotatable bonds is 8. The van der Waals surface area contributed by atoms with E-state index in [0.29, 0.717) is 30.4 Å². The van der Waals surface area contributed by atoms with Crippen LogP contribution in [0.2, 0.25) is 0 Å². The molecule has 0 aliphatic rings. The summed E-state index contributed by atoms with van der Waals surface area (Å²) in [6.45, 7) is 2.84. The highest BCUT2D eigenvalue weighted by molar-refractivity contribution is 9.10. The molecule has 0 unspecified atom stereocenters. The third-order valence-electron chi connectivity index (χ3n) is 4.00. The first-order chi connectivity index (χ1) is 14.7. The summed E-state index contributed by atoms with van der Waals surface area (Å²) in [4.78, 5) is 11.9. The van der Waals surface area contributed by atoms with Gasteiger partial charge in [0.05, 0.1) is 12.8 Å². The number of hydrogen-bond acceptors (Lipinski definition) is 4. The monoisotopic (exact) mass is 467 g/mol. The van der Waals surface area contributed by atoms with E-state index >= 15 is 0 Å². The Hall–Kier alpha value is -3.32. The van der Waals surface area contributed by atoms with Crippen LogP contribution in [-0.2, 0) is 6.61 Å². The zero-order valence-electron chi connectivity index (χ0n) is 16.5. The minimum atomic E-state index is -0.429. The molecule has 0 radical (unpaired) electrons. The van der Waals surface area contributed by atoms with Crippen molar-refractivity contribution in [2.75, 3.05) is 11.9 Å². The van der Waals surface area contributed by atoms with E-state index < -0.39 is 6.03 Å². The van der Waals surface area contributed by atoms with Crippen molar-refractivity contribution < 1.29 is 14.3 Å². The van der Waals surface area contributed by atoms with Gasteiger partial charge in [-0.15, -0.1) is 0 Å². The number of anilines is 1. The van der Waals surface area contributed by atoms with Crippen LogP contribution >= 0.6 is 15.9 Å². The summed E-state index contributed by atoms with van der Waals surface area (Å²) in [6, 6.07) is 22.3. The van der Waals surface area contributed by atoms with Gasteiger partial charge in [0.1, 0.15) is 6.61 Å². The molecule has 3 aromatic rings. The predicted octanol–water partition coefficient (Wildman–Crippen LogP) is 5.58. The number of amides is 2. The number of carbonyl (C=O) groups is 1. The van der Waals surface area contributed by atoms with E-state index in [1.807, 2.05) is 67.6 Å². The molecule has 30 heavy (non-hydrogen) atoms. The van der Waals surface area contributed by atoms with Gasteiger partial charge in [-0.2, -0.15) is 5.10 Å². The second-order valence-electron chi connectivity index (χ2n) is 6.22. The molecule has 0 bridgehead atoms. The molecular weight excluding hydrogens is 446 g/mol. The van der Waals surface area contributed by atoms with E-state index in [4.69, 9.17) is 9.47 Å². The van der Waals surface area contributed by atoms with Crippen LogP contribution in [0, 0.1) is 0 Å². The van der Waals surface area contributed by atoms with Crippen LogP contribution in [0.15, 0.2) is 82.4 Å². The molecule has 0 saturated heterocycles. The summed E-state index contributed by atoms with van der Waals surface area (Å²) in [5, 5.41) is 6.71. The van der Waals surface area contributed by atoms with E-state index in [-0.39, 0.29) is 0 Å². The number of hydrazone groups is 1. The van der Waals surface area contributed by atoms with Gasteiger partial charge in [0.25, 0.3) is 0 Å². The molecular formula is C23H22BrN3O3. The van der Waals surface area contributed by atoms with Crippen molar-refractivity contribution in [2.24, 2.45) is 5.10 Å². The van der Waals surface area contributed by atoms with Gasteiger partial charge in [-0.05, 0) is 52.7 Å². The van der Waals surface area contributed by atoms with Crippen LogP contribution in [0.1, 0.15) is 18.1 Å². The Labute approximate surface area is 184 Å². The normalized spacial score (nSPS) is 10.6. The minimum absolute atomic E-state index is 0.429. The van der Waals surface area contributed by atoms with Crippen LogP contribution in [0.5, 0.6) is 11.5 Å². The first-order valence-electron chi connectivity index (χ1n) is 9.44. The van der Waals surface area contributed by atoms with Crippen molar-refractivity contribution in [3.63, 3.8) is 0 Å². The fourth-order valence-corrected chi connectivity index (χ4v) is 3.03. The number of ether oxygens (including phenoxy) is 2. The number of para-hydroxylation sites is 1. The molecule has 0 aliphatic heterocycles. The van der Waals surface area contributed by atoms with Crippen LogP contribution in [0.3, 0.4) is 0 Å². The van der Waals surface area contributed by atoms with Gasteiger partial charge in [-0.1, -0.05) is 48.5 Å². The lowest BCUT2D eigenvalue weighted by Gasteiger charge is -2.14. The zero-order chi connectivity index (χ0) is 21.2. The Kier molecular flexibility index (Phi) is 7.86. The zero-order valence-corrected chi connectivity index (χ0v) is 18.1. The van der Waals surface area contributed by atoms with Gasteiger partial charge in [0.2, 0.25) is 0 Å². The SMILES string of the molecule is CCOc1cc(/C=N\NC(=O)Nc2ccccc2)c(Br)cc1OCc1ccccc1. The molecule has 0 aromatic heterocycles. The van der Waals surface area contributed by atoms with Gasteiger partial charge < -0.3 is 14.8 Å². The van der Waals surface area contributed by atoms with Crippen molar-refractivity contribution in [1.82, 2.24) is 5.43 Å². The van der Waals surface area contributed by atoms with Crippen molar-refractivity contribution >= 4 is 33.9 Å². The standard InChI is InChI=1S/C23H22BrN3O3/c1-2-29-21-13-18(15-25-27-23(28)26-19-11-7-4-8-12-19)20(24)14-22(21)30-16-17-9-5-3-6-10-17/h3-15H,2,16H2,1H3,(H2,26,27,28)/b25-15-. The second-order valence-corrected chi connectivity index (χ2v) is 7.07. The number of hydrogen-bond donors (Lipinski definition) is 2. The third kappa shape index (κ3) is 6.35. The van der Waals surface area contributed by atoms with Crippen molar-refractivity contribution in [2.45, 2.75) is 13.5 Å². The molecule has 2 amide bonds. The lowest BCUT2D eigenvalue weighted by molar-refractivity contribution is 0.252. The maximum absolute atomic E-state index is 11.9. The number of urea groups is 1. The Balaban J connectivity index is 1.66. The highest BCUT2D eigenvalue weighted by Crippen LogP contribution is 2.33. The molecule has 7 heteroatoms. The third-order valence-corrected chi connectivity index (χ3v) is 4.69. The number of benzene rings is 3. The fraction of sp³-hybridized carbons (Fsp3) is 0.130. The molecule has 2 N–H and O–H groups in total. The summed E-state index contributed by atoms with van der Waals surface area (Å²) in [5.74, 6) is 1.23. The summed E-state index contributed by atoms with van der Waals surface area (Å²) >= 11 is 3.52. The second kappa shape index (κ2) is 11.0. The largest absolute Gasteiger partial charge is 0.490 e. The van der Waals surface area contributed by atoms with E-state index in [9.17, 15) is 4.79 Å². The number of carbonyl (C=O) groups excluding carboxylic acids is 1. The summed E-state index contributed by atoms with van der Waals surface area (Å²) in [6.07, 6.45) is 1.54. The van der Waals surface area contributed by atoms with Gasteiger partial charge >= 0.3 is 6.03 Å². The average Bonchev–Trinajstić information content (AvgIpc) is 2.76. The average molecular weight is 468 g/mol. The van der Waals surface area contributed by atoms with Crippen LogP contribution in [-0.4, -0.2) is 18.9 Å². The topological polar surface area (TPSA) is 72.0 Å². The number of halogens is 1. The molecule has 0 fully saturated rings. The minimum Gasteiger partial charge on any atom is -0.490 e. The Morgan fingerprint density at radius 2 is 1.67 bits per heavy atom. The van der Waals surface area contributed by atoms with Crippen LogP contribution < -0.4 is 20.2 Å².